The van der Waals surface area contributed by atoms with E-state index < -0.39 is 10.0 Å². The van der Waals surface area contributed by atoms with Crippen LogP contribution in [0, 0.1) is 0 Å². The number of amides is 1. The predicted molar refractivity (Wildman–Crippen MR) is 128 cm³/mol. The Morgan fingerprint density at radius 3 is 2.61 bits per heavy atom. The number of hydrogen-bond donors (Lipinski definition) is 1. The fourth-order valence-corrected chi connectivity index (χ4v) is 5.65. The number of carbonyl (C=O) groups is 1. The molecular weight excluding hydrogens is 438 g/mol. The molecule has 2 heterocycles. The van der Waals surface area contributed by atoms with Crippen LogP contribution in [0.15, 0.2) is 53.4 Å². The third kappa shape index (κ3) is 4.84. The van der Waals surface area contributed by atoms with E-state index in [1.165, 1.54) is 22.9 Å². The van der Waals surface area contributed by atoms with E-state index in [1.54, 1.807) is 32.0 Å². The van der Waals surface area contributed by atoms with Crippen LogP contribution in [-0.4, -0.2) is 46.5 Å². The van der Waals surface area contributed by atoms with Gasteiger partial charge in [0.05, 0.1) is 4.90 Å². The Morgan fingerprint density at radius 2 is 1.82 bits per heavy atom. The fraction of sp³-hybridized carbons (Fsp3) is 0.375. The maximum absolute atomic E-state index is 12.9. The van der Waals surface area contributed by atoms with Crippen LogP contribution in [0.4, 0.5) is 5.69 Å². The molecule has 1 aromatic heterocycles. The number of aryl methyl sites for hydroxylation is 1. The van der Waals surface area contributed by atoms with Crippen molar-refractivity contribution < 1.29 is 13.2 Å². The van der Waals surface area contributed by atoms with Crippen molar-refractivity contribution in [3.05, 3.63) is 59.9 Å². The van der Waals surface area contributed by atoms with Gasteiger partial charge in [-0.1, -0.05) is 38.5 Å². The zero-order valence-electron chi connectivity index (χ0n) is 19.0. The standard InChI is InChI=1S/C24H29N5O3S/c1-3-28(4-2)33(31,32)21-13-9-11-19(17-21)24(30)25-20-12-8-10-18(16-20)23-27-26-22-14-6-5-7-15-29(22)23/h8-13,16-17H,3-7,14-15H2,1-2H3,(H,25,30). The van der Waals surface area contributed by atoms with Gasteiger partial charge in [0.2, 0.25) is 10.0 Å². The molecule has 9 heteroatoms. The summed E-state index contributed by atoms with van der Waals surface area (Å²) in [5, 5.41) is 11.6. The molecule has 3 aromatic rings. The largest absolute Gasteiger partial charge is 0.322 e. The summed E-state index contributed by atoms with van der Waals surface area (Å²) >= 11 is 0. The van der Waals surface area contributed by atoms with Crippen molar-refractivity contribution in [1.29, 1.82) is 0 Å². The van der Waals surface area contributed by atoms with E-state index >= 15 is 0 Å². The van der Waals surface area contributed by atoms with Gasteiger partial charge in [0.1, 0.15) is 5.82 Å². The fourth-order valence-electron chi connectivity index (χ4n) is 4.15. The molecule has 1 aliphatic rings. The lowest BCUT2D eigenvalue weighted by Gasteiger charge is -2.18. The molecule has 174 valence electrons. The highest BCUT2D eigenvalue weighted by molar-refractivity contribution is 7.89. The summed E-state index contributed by atoms with van der Waals surface area (Å²) in [4.78, 5) is 13.0. The summed E-state index contributed by atoms with van der Waals surface area (Å²) in [5.41, 5.74) is 1.77. The first-order valence-corrected chi connectivity index (χ1v) is 12.8. The molecular formula is C24H29N5O3S. The van der Waals surface area contributed by atoms with Crippen LogP contribution in [0.2, 0.25) is 0 Å². The van der Waals surface area contributed by atoms with Gasteiger partial charge in [-0.3, -0.25) is 4.79 Å². The van der Waals surface area contributed by atoms with E-state index in [0.717, 1.165) is 43.0 Å². The number of hydrogen-bond acceptors (Lipinski definition) is 5. The second-order valence-corrected chi connectivity index (χ2v) is 9.99. The van der Waals surface area contributed by atoms with Crippen molar-refractivity contribution in [1.82, 2.24) is 19.1 Å². The monoisotopic (exact) mass is 467 g/mol. The number of benzene rings is 2. The molecule has 0 saturated heterocycles. The molecule has 0 unspecified atom stereocenters. The topological polar surface area (TPSA) is 97.2 Å². The Bertz CT molecular complexity index is 1250. The maximum Gasteiger partial charge on any atom is 0.255 e. The molecule has 0 saturated carbocycles. The Labute approximate surface area is 194 Å². The summed E-state index contributed by atoms with van der Waals surface area (Å²) in [6.07, 6.45) is 4.33. The lowest BCUT2D eigenvalue weighted by molar-refractivity contribution is 0.102. The molecule has 0 bridgehead atoms. The van der Waals surface area contributed by atoms with Crippen molar-refractivity contribution >= 4 is 21.6 Å². The smallest absolute Gasteiger partial charge is 0.255 e. The molecule has 0 aliphatic carbocycles. The number of fused-ring (bicyclic) bond motifs is 1. The van der Waals surface area contributed by atoms with Crippen LogP contribution in [0.3, 0.4) is 0 Å². The van der Waals surface area contributed by atoms with Crippen LogP contribution >= 0.6 is 0 Å². The van der Waals surface area contributed by atoms with Crippen LogP contribution in [0.1, 0.15) is 49.3 Å². The molecule has 0 fully saturated rings. The summed E-state index contributed by atoms with van der Waals surface area (Å²) in [6.45, 7) is 5.21. The van der Waals surface area contributed by atoms with Crippen LogP contribution < -0.4 is 5.32 Å². The third-order valence-electron chi connectivity index (χ3n) is 5.93. The Hall–Kier alpha value is -3.04. The molecule has 0 spiro atoms. The molecule has 8 nitrogen and oxygen atoms in total. The van der Waals surface area contributed by atoms with Gasteiger partial charge in [0.15, 0.2) is 5.82 Å². The minimum atomic E-state index is -3.64. The summed E-state index contributed by atoms with van der Waals surface area (Å²) in [6, 6.07) is 13.6. The second kappa shape index (κ2) is 9.84. The SMILES string of the molecule is CCN(CC)S(=O)(=O)c1cccc(C(=O)Nc2cccc(-c3nnc4n3CCCCC4)c2)c1. The summed E-state index contributed by atoms with van der Waals surface area (Å²) in [7, 11) is -3.64. The first kappa shape index (κ1) is 23.1. The summed E-state index contributed by atoms with van der Waals surface area (Å²) < 4.78 is 29.2. The van der Waals surface area contributed by atoms with Gasteiger partial charge in [-0.05, 0) is 43.2 Å². The van der Waals surface area contributed by atoms with Gasteiger partial charge in [0, 0.05) is 42.9 Å². The highest BCUT2D eigenvalue weighted by atomic mass is 32.2. The Morgan fingerprint density at radius 1 is 1.03 bits per heavy atom. The molecule has 2 aromatic carbocycles. The van der Waals surface area contributed by atoms with Crippen molar-refractivity contribution in [2.75, 3.05) is 18.4 Å². The first-order chi connectivity index (χ1) is 15.9. The van der Waals surface area contributed by atoms with Gasteiger partial charge in [-0.2, -0.15) is 4.31 Å². The number of sulfonamides is 1. The van der Waals surface area contributed by atoms with Gasteiger partial charge < -0.3 is 9.88 Å². The molecule has 0 radical (unpaired) electrons. The van der Waals surface area contributed by atoms with E-state index in [9.17, 15) is 13.2 Å². The minimum Gasteiger partial charge on any atom is -0.322 e. The van der Waals surface area contributed by atoms with Crippen LogP contribution in [-0.2, 0) is 23.0 Å². The average molecular weight is 468 g/mol. The van der Waals surface area contributed by atoms with Gasteiger partial charge in [-0.15, -0.1) is 10.2 Å². The van der Waals surface area contributed by atoms with E-state index in [1.807, 2.05) is 18.2 Å². The molecule has 1 amide bonds. The highest BCUT2D eigenvalue weighted by Crippen LogP contribution is 2.25. The molecule has 1 aliphatic heterocycles. The predicted octanol–water partition coefficient (Wildman–Crippen LogP) is 3.95. The normalized spacial score (nSPS) is 14.0. The summed E-state index contributed by atoms with van der Waals surface area (Å²) in [5.74, 6) is 1.43. The van der Waals surface area contributed by atoms with E-state index in [2.05, 4.69) is 20.1 Å². The van der Waals surface area contributed by atoms with Gasteiger partial charge in [0.25, 0.3) is 5.91 Å². The number of nitrogens with one attached hydrogen (secondary N) is 1. The minimum absolute atomic E-state index is 0.110. The molecule has 0 atom stereocenters. The maximum atomic E-state index is 12.9. The number of anilines is 1. The first-order valence-electron chi connectivity index (χ1n) is 11.4. The van der Waals surface area contributed by atoms with Crippen molar-refractivity contribution in [3.63, 3.8) is 0 Å². The van der Waals surface area contributed by atoms with Crippen molar-refractivity contribution in [2.45, 2.75) is 51.0 Å². The Balaban J connectivity index is 1.57. The van der Waals surface area contributed by atoms with E-state index in [-0.39, 0.29) is 16.4 Å². The number of rotatable bonds is 7. The lowest BCUT2D eigenvalue weighted by atomic mass is 10.1. The number of aromatic nitrogens is 3. The van der Waals surface area contributed by atoms with Gasteiger partial charge in [-0.25, -0.2) is 8.42 Å². The van der Waals surface area contributed by atoms with Crippen LogP contribution in [0.5, 0.6) is 0 Å². The second-order valence-electron chi connectivity index (χ2n) is 8.05. The van der Waals surface area contributed by atoms with Crippen LogP contribution in [0.25, 0.3) is 11.4 Å². The quantitative estimate of drug-likeness (QED) is 0.567. The molecule has 4 rings (SSSR count). The molecule has 1 N–H and O–H groups in total. The zero-order chi connectivity index (χ0) is 23.4. The lowest BCUT2D eigenvalue weighted by Crippen LogP contribution is -2.30. The zero-order valence-corrected chi connectivity index (χ0v) is 19.8. The van der Waals surface area contributed by atoms with Crippen molar-refractivity contribution in [2.24, 2.45) is 0 Å². The highest BCUT2D eigenvalue weighted by Gasteiger charge is 2.23. The number of carbonyl (C=O) groups excluding carboxylic acids is 1. The molecule has 33 heavy (non-hydrogen) atoms. The van der Waals surface area contributed by atoms with Crippen molar-refractivity contribution in [3.8, 4) is 11.4 Å². The van der Waals surface area contributed by atoms with Gasteiger partial charge >= 0.3 is 0 Å². The number of nitrogens with zero attached hydrogens (tertiary/aromatic N) is 4. The van der Waals surface area contributed by atoms with E-state index in [4.69, 9.17) is 0 Å². The van der Waals surface area contributed by atoms with E-state index in [0.29, 0.717) is 18.8 Å². The third-order valence-corrected chi connectivity index (χ3v) is 7.97. The Kier molecular flexibility index (Phi) is 6.90. The average Bonchev–Trinajstić information content (AvgIpc) is 3.08.